The van der Waals surface area contributed by atoms with Crippen molar-refractivity contribution in [2.45, 2.75) is 19.4 Å². The van der Waals surface area contributed by atoms with E-state index in [0.29, 0.717) is 17.7 Å². The fourth-order valence-corrected chi connectivity index (χ4v) is 1.42. The van der Waals surface area contributed by atoms with Crippen molar-refractivity contribution in [2.24, 2.45) is 0 Å². The van der Waals surface area contributed by atoms with Crippen LogP contribution in [0, 0.1) is 0 Å². The Hall–Kier alpha value is -1.39. The molecule has 1 aromatic rings. The summed E-state index contributed by atoms with van der Waals surface area (Å²) in [7, 11) is 0. The van der Waals surface area contributed by atoms with Gasteiger partial charge in [0.1, 0.15) is 0 Å². The standard InChI is InChI=1S/C12H16O4/c1-2-16-12(15)11-6-4-3-5-9(11)7-10(14)8-13/h3-6,10,13-14H,2,7-8H2,1H3. The van der Waals surface area contributed by atoms with Crippen LogP contribution in [0.3, 0.4) is 0 Å². The molecule has 0 radical (unpaired) electrons. The van der Waals surface area contributed by atoms with E-state index in [4.69, 9.17) is 9.84 Å². The van der Waals surface area contributed by atoms with Crippen molar-refractivity contribution in [1.82, 2.24) is 0 Å². The summed E-state index contributed by atoms with van der Waals surface area (Å²) < 4.78 is 4.90. The van der Waals surface area contributed by atoms with Crippen LogP contribution >= 0.6 is 0 Å². The van der Waals surface area contributed by atoms with Crippen molar-refractivity contribution in [3.05, 3.63) is 35.4 Å². The van der Waals surface area contributed by atoms with E-state index in [1.165, 1.54) is 0 Å². The molecule has 0 aromatic heterocycles. The molecule has 88 valence electrons. The molecule has 0 aliphatic rings. The second-order valence-corrected chi connectivity index (χ2v) is 3.42. The molecule has 1 unspecified atom stereocenters. The summed E-state index contributed by atoms with van der Waals surface area (Å²) in [6.07, 6.45) is -0.610. The largest absolute Gasteiger partial charge is 0.462 e. The molecule has 0 aliphatic heterocycles. The Labute approximate surface area is 94.5 Å². The van der Waals surface area contributed by atoms with Crippen molar-refractivity contribution in [1.29, 1.82) is 0 Å². The third-order valence-electron chi connectivity index (χ3n) is 2.18. The summed E-state index contributed by atoms with van der Waals surface area (Å²) in [5.74, 6) is -0.400. The highest BCUT2D eigenvalue weighted by Gasteiger charge is 2.14. The van der Waals surface area contributed by atoms with Crippen LogP contribution in [-0.4, -0.2) is 35.5 Å². The maximum Gasteiger partial charge on any atom is 0.338 e. The van der Waals surface area contributed by atoms with Gasteiger partial charge < -0.3 is 14.9 Å². The molecule has 0 saturated carbocycles. The van der Waals surface area contributed by atoms with Crippen molar-refractivity contribution in [3.8, 4) is 0 Å². The van der Waals surface area contributed by atoms with E-state index in [1.807, 2.05) is 0 Å². The maximum atomic E-state index is 11.6. The molecule has 0 spiro atoms. The van der Waals surface area contributed by atoms with Crippen molar-refractivity contribution < 1.29 is 19.7 Å². The zero-order valence-corrected chi connectivity index (χ0v) is 9.22. The molecule has 0 saturated heterocycles. The molecule has 4 heteroatoms. The van der Waals surface area contributed by atoms with Gasteiger partial charge in [-0.05, 0) is 18.6 Å². The van der Waals surface area contributed by atoms with Gasteiger partial charge in [-0.1, -0.05) is 18.2 Å². The Morgan fingerprint density at radius 2 is 2.12 bits per heavy atom. The quantitative estimate of drug-likeness (QED) is 0.725. The van der Waals surface area contributed by atoms with E-state index >= 15 is 0 Å². The number of aliphatic hydroxyl groups excluding tert-OH is 2. The van der Waals surface area contributed by atoms with Gasteiger partial charge in [0.25, 0.3) is 0 Å². The molecule has 0 amide bonds. The molecule has 0 heterocycles. The van der Waals surface area contributed by atoms with Crippen LogP contribution in [0.5, 0.6) is 0 Å². The number of aliphatic hydroxyl groups is 2. The monoisotopic (exact) mass is 224 g/mol. The Bertz CT molecular complexity index is 349. The fourth-order valence-electron chi connectivity index (χ4n) is 1.42. The number of esters is 1. The highest BCUT2D eigenvalue weighted by atomic mass is 16.5. The predicted octanol–water partition coefficient (Wildman–Crippen LogP) is 0.759. The second-order valence-electron chi connectivity index (χ2n) is 3.42. The van der Waals surface area contributed by atoms with E-state index in [0.717, 1.165) is 0 Å². The second kappa shape index (κ2) is 6.25. The van der Waals surface area contributed by atoms with Gasteiger partial charge in [-0.2, -0.15) is 0 Å². The molecule has 1 aromatic carbocycles. The SMILES string of the molecule is CCOC(=O)c1ccccc1CC(O)CO. The third kappa shape index (κ3) is 3.32. The van der Waals surface area contributed by atoms with Crippen molar-refractivity contribution in [2.75, 3.05) is 13.2 Å². The molecule has 0 fully saturated rings. The summed E-state index contributed by atoms with van der Waals surface area (Å²) in [6, 6.07) is 6.91. The summed E-state index contributed by atoms with van der Waals surface area (Å²) in [6.45, 7) is 1.73. The lowest BCUT2D eigenvalue weighted by Gasteiger charge is -2.11. The summed E-state index contributed by atoms with van der Waals surface area (Å²) in [4.78, 5) is 11.6. The number of rotatable bonds is 5. The molecule has 1 atom stereocenters. The first-order valence-corrected chi connectivity index (χ1v) is 5.23. The summed E-state index contributed by atoms with van der Waals surface area (Å²) in [5, 5.41) is 18.1. The number of hydrogen-bond acceptors (Lipinski definition) is 4. The van der Waals surface area contributed by atoms with E-state index in [-0.39, 0.29) is 13.0 Å². The molecule has 0 bridgehead atoms. The fraction of sp³-hybridized carbons (Fsp3) is 0.417. The minimum absolute atomic E-state index is 0.242. The third-order valence-corrected chi connectivity index (χ3v) is 2.18. The molecule has 16 heavy (non-hydrogen) atoms. The van der Waals surface area contributed by atoms with E-state index in [2.05, 4.69) is 0 Å². The molecular formula is C12H16O4. The van der Waals surface area contributed by atoms with Gasteiger partial charge >= 0.3 is 5.97 Å². The Morgan fingerprint density at radius 1 is 1.44 bits per heavy atom. The average Bonchev–Trinajstić information content (AvgIpc) is 2.30. The first-order valence-electron chi connectivity index (χ1n) is 5.23. The average molecular weight is 224 g/mol. The number of benzene rings is 1. The Morgan fingerprint density at radius 3 is 2.75 bits per heavy atom. The molecule has 1 rings (SSSR count). The van der Waals surface area contributed by atoms with E-state index < -0.39 is 12.1 Å². The lowest BCUT2D eigenvalue weighted by Crippen LogP contribution is -2.18. The van der Waals surface area contributed by atoms with Crippen LogP contribution in [-0.2, 0) is 11.2 Å². The Balaban J connectivity index is 2.87. The normalized spacial score (nSPS) is 12.2. The van der Waals surface area contributed by atoms with Gasteiger partial charge in [-0.3, -0.25) is 0 Å². The van der Waals surface area contributed by atoms with Gasteiger partial charge in [0.2, 0.25) is 0 Å². The molecule has 0 aliphatic carbocycles. The number of hydrogen-bond donors (Lipinski definition) is 2. The zero-order valence-electron chi connectivity index (χ0n) is 9.22. The molecular weight excluding hydrogens is 208 g/mol. The van der Waals surface area contributed by atoms with Crippen LogP contribution in [0.25, 0.3) is 0 Å². The van der Waals surface area contributed by atoms with E-state index in [9.17, 15) is 9.90 Å². The van der Waals surface area contributed by atoms with Crippen molar-refractivity contribution in [3.63, 3.8) is 0 Å². The van der Waals surface area contributed by atoms with Crippen molar-refractivity contribution >= 4 is 5.97 Å². The van der Waals surface area contributed by atoms with Gasteiger partial charge in [-0.15, -0.1) is 0 Å². The van der Waals surface area contributed by atoms with Crippen LogP contribution in [0.4, 0.5) is 0 Å². The van der Waals surface area contributed by atoms with Crippen LogP contribution in [0.2, 0.25) is 0 Å². The lowest BCUT2D eigenvalue weighted by molar-refractivity contribution is 0.0522. The minimum Gasteiger partial charge on any atom is -0.462 e. The highest BCUT2D eigenvalue weighted by molar-refractivity contribution is 5.91. The van der Waals surface area contributed by atoms with Gasteiger partial charge in [0.05, 0.1) is 24.9 Å². The first-order chi connectivity index (χ1) is 7.69. The highest BCUT2D eigenvalue weighted by Crippen LogP contribution is 2.12. The number of ether oxygens (including phenoxy) is 1. The number of carbonyl (C=O) groups excluding carboxylic acids is 1. The maximum absolute atomic E-state index is 11.6. The number of carbonyl (C=O) groups is 1. The van der Waals surface area contributed by atoms with Gasteiger partial charge in [0.15, 0.2) is 0 Å². The van der Waals surface area contributed by atoms with Crippen LogP contribution in [0.15, 0.2) is 24.3 Å². The minimum atomic E-state index is -0.851. The predicted molar refractivity (Wildman–Crippen MR) is 59.2 cm³/mol. The first kappa shape index (κ1) is 12.7. The van der Waals surface area contributed by atoms with E-state index in [1.54, 1.807) is 31.2 Å². The Kier molecular flexibility index (Phi) is 4.95. The van der Waals surface area contributed by atoms with Gasteiger partial charge in [0, 0.05) is 6.42 Å². The van der Waals surface area contributed by atoms with Crippen LogP contribution < -0.4 is 0 Å². The summed E-state index contributed by atoms with van der Waals surface area (Å²) in [5.41, 5.74) is 1.12. The lowest BCUT2D eigenvalue weighted by atomic mass is 10.0. The zero-order chi connectivity index (χ0) is 12.0. The van der Waals surface area contributed by atoms with Crippen LogP contribution in [0.1, 0.15) is 22.8 Å². The topological polar surface area (TPSA) is 66.8 Å². The summed E-state index contributed by atoms with van der Waals surface area (Å²) >= 11 is 0. The van der Waals surface area contributed by atoms with Gasteiger partial charge in [-0.25, -0.2) is 4.79 Å². The molecule has 4 nitrogen and oxygen atoms in total. The smallest absolute Gasteiger partial charge is 0.338 e. The molecule has 2 N–H and O–H groups in total.